The fourth-order valence-electron chi connectivity index (χ4n) is 2.70. The average molecular weight is 281 g/mol. The number of fused-ring (bicyclic) bond motifs is 3. The normalized spacial score (nSPS) is 12.3. The largest absolute Gasteiger partial charge is 0.488 e. The molecule has 2 aromatic rings. The van der Waals surface area contributed by atoms with Gasteiger partial charge in [-0.15, -0.1) is 0 Å². The molecule has 0 saturated carbocycles. The highest BCUT2D eigenvalue weighted by atomic mass is 16.5. The van der Waals surface area contributed by atoms with E-state index >= 15 is 0 Å². The number of nitrogens with two attached hydrogens (primary N) is 1. The zero-order valence-electron chi connectivity index (χ0n) is 12.2. The third-order valence-electron chi connectivity index (χ3n) is 3.89. The molecule has 0 aromatic heterocycles. The van der Waals surface area contributed by atoms with E-state index in [1.807, 2.05) is 0 Å². The van der Waals surface area contributed by atoms with Crippen LogP contribution in [0.5, 0.6) is 5.75 Å². The number of hydrogen-bond donors (Lipinski definition) is 1. The van der Waals surface area contributed by atoms with Crippen LogP contribution in [0.3, 0.4) is 0 Å². The fourth-order valence-corrected chi connectivity index (χ4v) is 2.70. The number of ketones is 1. The van der Waals surface area contributed by atoms with Crippen LogP contribution >= 0.6 is 0 Å². The second-order valence-corrected chi connectivity index (χ2v) is 5.52. The summed E-state index contributed by atoms with van der Waals surface area (Å²) >= 11 is 0. The summed E-state index contributed by atoms with van der Waals surface area (Å²) in [6.45, 7) is 2.75. The Morgan fingerprint density at radius 2 is 1.90 bits per heavy atom. The maximum Gasteiger partial charge on any atom is 0.130 e. The Kier molecular flexibility index (Phi) is 3.76. The van der Waals surface area contributed by atoms with Crippen molar-refractivity contribution in [3.8, 4) is 16.9 Å². The van der Waals surface area contributed by atoms with Gasteiger partial charge >= 0.3 is 0 Å². The van der Waals surface area contributed by atoms with Gasteiger partial charge in [-0.3, -0.25) is 0 Å². The molecule has 0 amide bonds. The number of carbonyl (C=O) groups is 1. The highest BCUT2D eigenvalue weighted by molar-refractivity contribution is 5.77. The highest BCUT2D eigenvalue weighted by Crippen LogP contribution is 2.38. The summed E-state index contributed by atoms with van der Waals surface area (Å²) in [5, 5.41) is 0. The van der Waals surface area contributed by atoms with Gasteiger partial charge in [0.2, 0.25) is 0 Å². The zero-order chi connectivity index (χ0) is 14.8. The van der Waals surface area contributed by atoms with Crippen molar-refractivity contribution >= 4 is 5.78 Å². The lowest BCUT2D eigenvalue weighted by molar-refractivity contribution is -0.116. The number of ether oxygens (including phenoxy) is 1. The number of hydrogen-bond acceptors (Lipinski definition) is 3. The van der Waals surface area contributed by atoms with E-state index < -0.39 is 0 Å². The van der Waals surface area contributed by atoms with E-state index in [1.165, 1.54) is 11.1 Å². The lowest BCUT2D eigenvalue weighted by Crippen LogP contribution is -2.08. The molecule has 108 valence electrons. The molecule has 3 nitrogen and oxygen atoms in total. The Labute approximate surface area is 124 Å². The Bertz CT molecular complexity index is 692. The average Bonchev–Trinajstić information content (AvgIpc) is 2.51. The van der Waals surface area contributed by atoms with Gasteiger partial charge in [0.1, 0.15) is 18.1 Å². The SMILES string of the molecule is CC(=O)CCc1ccc2c(c1)OCc1cc(CN)ccc1-2. The molecule has 0 unspecified atom stereocenters. The van der Waals surface area contributed by atoms with Gasteiger partial charge in [-0.1, -0.05) is 30.3 Å². The molecule has 1 heterocycles. The fraction of sp³-hybridized carbons (Fsp3) is 0.278. The molecule has 2 N–H and O–H groups in total. The molecule has 1 aliphatic rings. The molecule has 0 bridgehead atoms. The van der Waals surface area contributed by atoms with E-state index in [2.05, 4.69) is 36.4 Å². The Morgan fingerprint density at radius 3 is 2.67 bits per heavy atom. The van der Waals surface area contributed by atoms with Crippen LogP contribution < -0.4 is 10.5 Å². The van der Waals surface area contributed by atoms with Crippen LogP contribution in [0, 0.1) is 0 Å². The van der Waals surface area contributed by atoms with Crippen LogP contribution in [-0.4, -0.2) is 5.78 Å². The Morgan fingerprint density at radius 1 is 1.14 bits per heavy atom. The van der Waals surface area contributed by atoms with E-state index in [4.69, 9.17) is 10.5 Å². The van der Waals surface area contributed by atoms with Crippen molar-refractivity contribution in [2.45, 2.75) is 32.9 Å². The summed E-state index contributed by atoms with van der Waals surface area (Å²) in [4.78, 5) is 11.1. The molecular weight excluding hydrogens is 262 g/mol. The summed E-state index contributed by atoms with van der Waals surface area (Å²) in [7, 11) is 0. The van der Waals surface area contributed by atoms with E-state index in [0.717, 1.165) is 28.9 Å². The van der Waals surface area contributed by atoms with Gasteiger partial charge in [-0.2, -0.15) is 0 Å². The van der Waals surface area contributed by atoms with Crippen molar-refractivity contribution in [1.29, 1.82) is 0 Å². The zero-order valence-corrected chi connectivity index (χ0v) is 12.2. The van der Waals surface area contributed by atoms with Gasteiger partial charge in [0.15, 0.2) is 0 Å². The second kappa shape index (κ2) is 5.70. The lowest BCUT2D eigenvalue weighted by atomic mass is 9.93. The molecule has 0 atom stereocenters. The minimum atomic E-state index is 0.216. The van der Waals surface area contributed by atoms with Crippen LogP contribution in [0.4, 0.5) is 0 Å². The lowest BCUT2D eigenvalue weighted by Gasteiger charge is -2.22. The third kappa shape index (κ3) is 2.83. The first-order valence-electron chi connectivity index (χ1n) is 7.25. The monoisotopic (exact) mass is 281 g/mol. The first-order valence-corrected chi connectivity index (χ1v) is 7.25. The van der Waals surface area contributed by atoms with Crippen molar-refractivity contribution in [2.24, 2.45) is 5.73 Å². The van der Waals surface area contributed by atoms with Crippen molar-refractivity contribution in [3.05, 3.63) is 53.1 Å². The highest BCUT2D eigenvalue weighted by Gasteiger charge is 2.17. The topological polar surface area (TPSA) is 52.3 Å². The summed E-state index contributed by atoms with van der Waals surface area (Å²) in [6, 6.07) is 12.5. The number of carbonyl (C=O) groups excluding carboxylic acids is 1. The summed E-state index contributed by atoms with van der Waals surface area (Å²) in [5.41, 5.74) is 11.5. The summed E-state index contributed by atoms with van der Waals surface area (Å²) in [5.74, 6) is 1.12. The molecule has 0 fully saturated rings. The number of rotatable bonds is 4. The van der Waals surface area contributed by atoms with Crippen molar-refractivity contribution in [3.63, 3.8) is 0 Å². The van der Waals surface area contributed by atoms with Crippen molar-refractivity contribution in [2.75, 3.05) is 0 Å². The Hall–Kier alpha value is -2.13. The molecule has 21 heavy (non-hydrogen) atoms. The smallest absolute Gasteiger partial charge is 0.130 e. The minimum absolute atomic E-state index is 0.216. The first-order chi connectivity index (χ1) is 10.2. The molecule has 0 saturated heterocycles. The molecule has 3 heteroatoms. The van der Waals surface area contributed by atoms with Crippen molar-refractivity contribution < 1.29 is 9.53 Å². The molecule has 3 rings (SSSR count). The maximum atomic E-state index is 11.1. The quantitative estimate of drug-likeness (QED) is 0.936. The Balaban J connectivity index is 1.93. The van der Waals surface area contributed by atoms with E-state index in [-0.39, 0.29) is 5.78 Å². The van der Waals surface area contributed by atoms with Gasteiger partial charge in [0, 0.05) is 18.5 Å². The van der Waals surface area contributed by atoms with Crippen LogP contribution in [0.1, 0.15) is 30.0 Å². The molecule has 0 aliphatic carbocycles. The van der Waals surface area contributed by atoms with Crippen LogP contribution in [0.15, 0.2) is 36.4 Å². The van der Waals surface area contributed by atoms with Crippen LogP contribution in [-0.2, 0) is 24.4 Å². The number of Topliss-reactive ketones (excluding diaryl/α,β-unsaturated/α-hetero) is 1. The van der Waals surface area contributed by atoms with Gasteiger partial charge in [-0.25, -0.2) is 0 Å². The van der Waals surface area contributed by atoms with Crippen LogP contribution in [0.25, 0.3) is 11.1 Å². The van der Waals surface area contributed by atoms with E-state index in [1.54, 1.807) is 6.92 Å². The molecule has 2 aromatic carbocycles. The first kappa shape index (κ1) is 13.8. The maximum absolute atomic E-state index is 11.1. The van der Waals surface area contributed by atoms with Crippen LogP contribution in [0.2, 0.25) is 0 Å². The standard InChI is InChI=1S/C18H19NO2/c1-12(20)2-3-13-4-7-17-16-6-5-14(10-19)8-15(16)11-21-18(17)9-13/h4-9H,2-3,10-11,19H2,1H3. The number of aryl methyl sites for hydroxylation is 1. The third-order valence-corrected chi connectivity index (χ3v) is 3.89. The predicted octanol–water partition coefficient (Wildman–Crippen LogP) is 3.23. The molecule has 0 spiro atoms. The second-order valence-electron chi connectivity index (χ2n) is 5.52. The van der Waals surface area contributed by atoms with E-state index in [9.17, 15) is 4.79 Å². The molecule has 0 radical (unpaired) electrons. The molecule has 1 aliphatic heterocycles. The predicted molar refractivity (Wildman–Crippen MR) is 83.1 cm³/mol. The van der Waals surface area contributed by atoms with Gasteiger partial charge in [0.25, 0.3) is 0 Å². The van der Waals surface area contributed by atoms with Gasteiger partial charge < -0.3 is 15.3 Å². The van der Waals surface area contributed by atoms with Gasteiger partial charge in [0.05, 0.1) is 0 Å². The number of benzene rings is 2. The minimum Gasteiger partial charge on any atom is -0.488 e. The van der Waals surface area contributed by atoms with Crippen molar-refractivity contribution in [1.82, 2.24) is 0 Å². The molecular formula is C18H19NO2. The van der Waals surface area contributed by atoms with E-state index in [0.29, 0.717) is 19.6 Å². The van der Waals surface area contributed by atoms with Gasteiger partial charge in [-0.05, 0) is 41.7 Å². The summed E-state index contributed by atoms with van der Waals surface area (Å²) in [6.07, 6.45) is 1.35. The summed E-state index contributed by atoms with van der Waals surface area (Å²) < 4.78 is 5.87.